The average molecular weight is 369 g/mol. The lowest BCUT2D eigenvalue weighted by Crippen LogP contribution is -2.34. The predicted molar refractivity (Wildman–Crippen MR) is 79.1 cm³/mol. The van der Waals surface area contributed by atoms with E-state index in [0.717, 1.165) is 10.0 Å². The first-order valence-electron chi connectivity index (χ1n) is 5.00. The second-order valence-electron chi connectivity index (χ2n) is 4.08. The van der Waals surface area contributed by atoms with Gasteiger partial charge < -0.3 is 5.73 Å². The molecule has 2 rings (SSSR count). The molecule has 2 N–H and O–H groups in total. The van der Waals surface area contributed by atoms with Crippen molar-refractivity contribution in [2.45, 2.75) is 12.5 Å². The lowest BCUT2D eigenvalue weighted by atomic mass is 9.87. The molecule has 1 heterocycles. The molecule has 0 amide bonds. The van der Waals surface area contributed by atoms with Gasteiger partial charge in [-0.05, 0) is 45.9 Å². The molecule has 0 radical (unpaired) electrons. The van der Waals surface area contributed by atoms with Gasteiger partial charge >= 0.3 is 0 Å². The first kappa shape index (κ1) is 14.3. The molecule has 1 nitrogen and oxygen atoms in total. The highest BCUT2D eigenvalue weighted by Gasteiger charge is 2.30. The lowest BCUT2D eigenvalue weighted by Gasteiger charge is -2.26. The van der Waals surface area contributed by atoms with E-state index in [9.17, 15) is 4.39 Å². The second kappa shape index (κ2) is 5.10. The predicted octanol–water partition coefficient (Wildman–Crippen LogP) is 5.18. The molecule has 2 aromatic rings. The third kappa shape index (κ3) is 2.45. The van der Waals surface area contributed by atoms with Crippen LogP contribution >= 0.6 is 50.5 Å². The maximum atomic E-state index is 13.6. The van der Waals surface area contributed by atoms with E-state index < -0.39 is 11.4 Å². The minimum atomic E-state index is -0.888. The summed E-state index contributed by atoms with van der Waals surface area (Å²) < 4.78 is 14.5. The van der Waals surface area contributed by atoms with Gasteiger partial charge in [0, 0.05) is 20.4 Å². The van der Waals surface area contributed by atoms with Crippen LogP contribution in [-0.4, -0.2) is 0 Å². The van der Waals surface area contributed by atoms with E-state index in [0.29, 0.717) is 10.6 Å². The summed E-state index contributed by atoms with van der Waals surface area (Å²) in [6, 6.07) is 2.66. The Bertz CT molecular complexity index is 598. The topological polar surface area (TPSA) is 26.0 Å². The van der Waals surface area contributed by atoms with Crippen LogP contribution in [-0.2, 0) is 5.54 Å². The van der Waals surface area contributed by atoms with E-state index in [1.165, 1.54) is 23.5 Å². The van der Waals surface area contributed by atoms with E-state index in [4.69, 9.17) is 28.9 Å². The molecule has 0 aliphatic heterocycles. The van der Waals surface area contributed by atoms with Gasteiger partial charge in [-0.1, -0.05) is 23.2 Å². The highest BCUT2D eigenvalue weighted by atomic mass is 79.9. The highest BCUT2D eigenvalue weighted by molar-refractivity contribution is 9.10. The number of rotatable bonds is 2. The van der Waals surface area contributed by atoms with Crippen molar-refractivity contribution in [1.29, 1.82) is 0 Å². The summed E-state index contributed by atoms with van der Waals surface area (Å²) >= 11 is 16.7. The van der Waals surface area contributed by atoms with Crippen LogP contribution in [0.25, 0.3) is 0 Å². The number of hydrogen-bond donors (Lipinski definition) is 1. The Morgan fingerprint density at radius 2 is 1.89 bits per heavy atom. The van der Waals surface area contributed by atoms with E-state index in [1.807, 2.05) is 10.8 Å². The zero-order valence-electron chi connectivity index (χ0n) is 9.31. The Kier molecular flexibility index (Phi) is 4.04. The van der Waals surface area contributed by atoms with Gasteiger partial charge in [-0.15, -0.1) is 0 Å². The molecule has 6 heteroatoms. The van der Waals surface area contributed by atoms with Crippen molar-refractivity contribution in [2.75, 3.05) is 0 Å². The SMILES string of the molecule is CC(N)(c1cc(F)c(Cl)cc1Cl)c1cscc1Br. The van der Waals surface area contributed by atoms with Gasteiger partial charge in [-0.25, -0.2) is 4.39 Å². The number of hydrogen-bond acceptors (Lipinski definition) is 2. The molecule has 0 saturated heterocycles. The Morgan fingerprint density at radius 1 is 1.22 bits per heavy atom. The fraction of sp³-hybridized carbons (Fsp3) is 0.167. The summed E-state index contributed by atoms with van der Waals surface area (Å²) in [5.41, 5.74) is 6.78. The maximum absolute atomic E-state index is 13.6. The third-order valence-corrected chi connectivity index (χ3v) is 5.05. The molecule has 0 aliphatic rings. The molecule has 18 heavy (non-hydrogen) atoms. The summed E-state index contributed by atoms with van der Waals surface area (Å²) in [5.74, 6) is -0.529. The monoisotopic (exact) mass is 367 g/mol. The average Bonchev–Trinajstić information content (AvgIpc) is 2.70. The smallest absolute Gasteiger partial charge is 0.142 e. The van der Waals surface area contributed by atoms with Gasteiger partial charge in [0.2, 0.25) is 0 Å². The minimum absolute atomic E-state index is 0.0102. The van der Waals surface area contributed by atoms with Crippen molar-refractivity contribution in [3.05, 3.63) is 54.4 Å². The van der Waals surface area contributed by atoms with Crippen molar-refractivity contribution < 1.29 is 4.39 Å². The minimum Gasteiger partial charge on any atom is -0.318 e. The quantitative estimate of drug-likeness (QED) is 0.726. The third-order valence-electron chi connectivity index (χ3n) is 2.74. The van der Waals surface area contributed by atoms with Gasteiger partial charge in [-0.3, -0.25) is 0 Å². The maximum Gasteiger partial charge on any atom is 0.142 e. The van der Waals surface area contributed by atoms with E-state index in [1.54, 1.807) is 6.92 Å². The van der Waals surface area contributed by atoms with Crippen molar-refractivity contribution in [3.8, 4) is 0 Å². The van der Waals surface area contributed by atoms with Crippen molar-refractivity contribution in [1.82, 2.24) is 0 Å². The highest BCUT2D eigenvalue weighted by Crippen LogP contribution is 2.38. The number of thiophene rings is 1. The van der Waals surface area contributed by atoms with Crippen LogP contribution in [0.4, 0.5) is 4.39 Å². The molecule has 0 bridgehead atoms. The van der Waals surface area contributed by atoms with Crippen LogP contribution in [0.2, 0.25) is 10.0 Å². The number of benzene rings is 1. The normalized spacial score (nSPS) is 14.6. The van der Waals surface area contributed by atoms with E-state index >= 15 is 0 Å². The second-order valence-corrected chi connectivity index (χ2v) is 6.49. The number of nitrogens with two attached hydrogens (primary N) is 1. The van der Waals surface area contributed by atoms with E-state index in [-0.39, 0.29) is 5.02 Å². The van der Waals surface area contributed by atoms with Gasteiger partial charge in [0.25, 0.3) is 0 Å². The van der Waals surface area contributed by atoms with Crippen LogP contribution in [0, 0.1) is 5.82 Å². The Labute approximate surface area is 127 Å². The van der Waals surface area contributed by atoms with Gasteiger partial charge in [0.15, 0.2) is 0 Å². The summed E-state index contributed by atoms with van der Waals surface area (Å²) in [5, 5.41) is 4.17. The molecule has 0 aliphatic carbocycles. The molecule has 1 aromatic carbocycles. The zero-order valence-corrected chi connectivity index (χ0v) is 13.2. The summed E-state index contributed by atoms with van der Waals surface area (Å²) in [6.07, 6.45) is 0. The van der Waals surface area contributed by atoms with Crippen LogP contribution in [0.5, 0.6) is 0 Å². The van der Waals surface area contributed by atoms with Crippen molar-refractivity contribution >= 4 is 50.5 Å². The first-order chi connectivity index (χ1) is 8.34. The summed E-state index contributed by atoms with van der Waals surface area (Å²) in [7, 11) is 0. The molecular weight excluding hydrogens is 360 g/mol. The first-order valence-corrected chi connectivity index (χ1v) is 7.49. The zero-order chi connectivity index (χ0) is 13.5. The molecule has 0 fully saturated rings. The Balaban J connectivity index is 2.61. The van der Waals surface area contributed by atoms with Gasteiger partial charge in [-0.2, -0.15) is 11.3 Å². The van der Waals surface area contributed by atoms with Crippen molar-refractivity contribution in [2.24, 2.45) is 5.73 Å². The Morgan fingerprint density at radius 3 is 2.44 bits per heavy atom. The molecule has 1 aromatic heterocycles. The van der Waals surface area contributed by atoms with Crippen LogP contribution in [0.3, 0.4) is 0 Å². The van der Waals surface area contributed by atoms with E-state index in [2.05, 4.69) is 15.9 Å². The standard InChI is InChI=1S/C12H9BrCl2FNS/c1-12(17,7-4-18-5-8(7)13)6-2-11(16)10(15)3-9(6)14/h2-5H,17H2,1H3. The lowest BCUT2D eigenvalue weighted by molar-refractivity contribution is 0.582. The van der Waals surface area contributed by atoms with Crippen LogP contribution in [0.1, 0.15) is 18.1 Å². The molecule has 0 saturated carbocycles. The van der Waals surface area contributed by atoms with Crippen LogP contribution < -0.4 is 5.73 Å². The molecule has 0 spiro atoms. The fourth-order valence-electron chi connectivity index (χ4n) is 1.72. The summed E-state index contributed by atoms with van der Waals surface area (Å²) in [4.78, 5) is 0. The van der Waals surface area contributed by atoms with Crippen molar-refractivity contribution in [3.63, 3.8) is 0 Å². The van der Waals surface area contributed by atoms with Gasteiger partial charge in [0.1, 0.15) is 5.82 Å². The number of halogens is 4. The Hall–Kier alpha value is -0.130. The molecule has 1 unspecified atom stereocenters. The molecule has 96 valence electrons. The largest absolute Gasteiger partial charge is 0.318 e. The summed E-state index contributed by atoms with van der Waals surface area (Å²) in [6.45, 7) is 1.79. The van der Waals surface area contributed by atoms with Crippen LogP contribution in [0.15, 0.2) is 27.4 Å². The van der Waals surface area contributed by atoms with Gasteiger partial charge in [0.05, 0.1) is 10.6 Å². The fourth-order valence-corrected chi connectivity index (χ4v) is 4.12. The molecular formula is C12H9BrCl2FNS. The molecule has 1 atom stereocenters.